The third-order valence-electron chi connectivity index (χ3n) is 7.20. The van der Waals surface area contributed by atoms with Crippen LogP contribution in [-0.4, -0.2) is 41.8 Å². The number of benzene rings is 1. The highest BCUT2D eigenvalue weighted by molar-refractivity contribution is 5.85. The van der Waals surface area contributed by atoms with Gasteiger partial charge >= 0.3 is 5.97 Å². The maximum atomic E-state index is 12.6. The van der Waals surface area contributed by atoms with E-state index in [1.165, 1.54) is 7.11 Å². The van der Waals surface area contributed by atoms with E-state index in [0.29, 0.717) is 25.2 Å². The van der Waals surface area contributed by atoms with Crippen molar-refractivity contribution in [2.24, 2.45) is 11.7 Å². The number of nitrogens with one attached hydrogen (secondary N) is 1. The Morgan fingerprint density at radius 3 is 2.21 bits per heavy atom. The molecule has 0 bridgehead atoms. The number of unbranched alkanes of at least 4 members (excludes halogenated alkanes) is 2. The Kier molecular flexibility index (Phi) is 13.7. The molecule has 7 heteroatoms. The third kappa shape index (κ3) is 7.06. The van der Waals surface area contributed by atoms with Gasteiger partial charge in [-0.1, -0.05) is 70.2 Å². The summed E-state index contributed by atoms with van der Waals surface area (Å²) >= 11 is 0. The molecular formula is C27H45ClN2O4. The molecule has 194 valence electrons. The van der Waals surface area contributed by atoms with Gasteiger partial charge in [-0.15, -0.1) is 12.4 Å². The van der Waals surface area contributed by atoms with Crippen LogP contribution in [0.2, 0.25) is 0 Å². The summed E-state index contributed by atoms with van der Waals surface area (Å²) in [4.78, 5) is 25.1. The Balaban J connectivity index is 0.0000109. The van der Waals surface area contributed by atoms with Crippen molar-refractivity contribution in [3.05, 3.63) is 48.0 Å². The lowest BCUT2D eigenvalue weighted by Crippen LogP contribution is -2.76. The molecule has 0 saturated heterocycles. The lowest BCUT2D eigenvalue weighted by atomic mass is 9.57. The summed E-state index contributed by atoms with van der Waals surface area (Å²) in [5.74, 6) is -0.879. The molecular weight excluding hydrogens is 452 g/mol. The van der Waals surface area contributed by atoms with Crippen molar-refractivity contribution in [3.8, 4) is 0 Å². The number of methoxy groups -OCH3 is 1. The number of hydrogen-bond donors (Lipinski definition) is 3. The highest BCUT2D eigenvalue weighted by Gasteiger charge is 2.62. The maximum Gasteiger partial charge on any atom is 0.328 e. The van der Waals surface area contributed by atoms with E-state index in [4.69, 9.17) is 10.5 Å². The highest BCUT2D eigenvalue weighted by Crippen LogP contribution is 2.48. The zero-order valence-electron chi connectivity index (χ0n) is 21.7. The predicted octanol–water partition coefficient (Wildman–Crippen LogP) is 5.24. The summed E-state index contributed by atoms with van der Waals surface area (Å²) in [6.45, 7) is 9.83. The molecule has 0 aliphatic heterocycles. The number of carbonyl (C=O) groups excluding carboxylic acids is 1. The molecule has 6 nitrogen and oxygen atoms in total. The Hall–Kier alpha value is -1.89. The van der Waals surface area contributed by atoms with Crippen LogP contribution in [0.5, 0.6) is 0 Å². The van der Waals surface area contributed by atoms with Crippen LogP contribution >= 0.6 is 12.4 Å². The summed E-state index contributed by atoms with van der Waals surface area (Å²) in [6.07, 6.45) is 8.45. The maximum absolute atomic E-state index is 12.6. The minimum Gasteiger partial charge on any atom is -0.480 e. The van der Waals surface area contributed by atoms with Gasteiger partial charge in [-0.05, 0) is 50.5 Å². The molecule has 0 spiro atoms. The van der Waals surface area contributed by atoms with Crippen molar-refractivity contribution in [2.45, 2.75) is 89.7 Å². The first-order valence-electron chi connectivity index (χ1n) is 12.1. The predicted molar refractivity (Wildman–Crippen MR) is 141 cm³/mol. The van der Waals surface area contributed by atoms with Gasteiger partial charge < -0.3 is 20.9 Å². The van der Waals surface area contributed by atoms with E-state index in [-0.39, 0.29) is 24.9 Å². The average Bonchev–Trinajstić information content (AvgIpc) is 2.80. The summed E-state index contributed by atoms with van der Waals surface area (Å²) in [6, 6.07) is 9.76. The van der Waals surface area contributed by atoms with Crippen molar-refractivity contribution in [2.75, 3.05) is 13.7 Å². The highest BCUT2D eigenvalue weighted by atomic mass is 35.5. The molecule has 0 aromatic heterocycles. The van der Waals surface area contributed by atoms with Gasteiger partial charge in [0.1, 0.15) is 5.60 Å². The van der Waals surface area contributed by atoms with E-state index < -0.39 is 22.5 Å². The van der Waals surface area contributed by atoms with Gasteiger partial charge in [0.15, 0.2) is 5.54 Å². The Morgan fingerprint density at radius 2 is 1.74 bits per heavy atom. The zero-order valence-corrected chi connectivity index (χ0v) is 22.5. The van der Waals surface area contributed by atoms with Crippen LogP contribution in [0.4, 0.5) is 0 Å². The Labute approximate surface area is 212 Å². The Morgan fingerprint density at radius 1 is 1.15 bits per heavy atom. The van der Waals surface area contributed by atoms with Gasteiger partial charge in [-0.3, -0.25) is 9.59 Å². The van der Waals surface area contributed by atoms with E-state index in [0.717, 1.165) is 24.8 Å². The first-order valence-corrected chi connectivity index (χ1v) is 12.1. The van der Waals surface area contributed by atoms with Crippen LogP contribution in [0.3, 0.4) is 0 Å². The molecule has 1 aromatic rings. The van der Waals surface area contributed by atoms with Gasteiger partial charge in [-0.25, -0.2) is 0 Å². The molecule has 2 unspecified atom stereocenters. The first kappa shape index (κ1) is 32.1. The number of rotatable bonds is 15. The van der Waals surface area contributed by atoms with Crippen LogP contribution in [0, 0.1) is 5.92 Å². The molecule has 1 amide bonds. The van der Waals surface area contributed by atoms with Crippen LogP contribution in [0.25, 0.3) is 0 Å². The third-order valence-corrected chi connectivity index (χ3v) is 7.20. The normalized spacial score (nSPS) is 15.4. The largest absolute Gasteiger partial charge is 0.480 e. The number of carbonyl (C=O) groups is 2. The fourth-order valence-electron chi connectivity index (χ4n) is 4.86. The van der Waals surface area contributed by atoms with Crippen LogP contribution in [-0.2, 0) is 19.7 Å². The van der Waals surface area contributed by atoms with E-state index in [9.17, 15) is 14.7 Å². The number of halogens is 1. The van der Waals surface area contributed by atoms with Gasteiger partial charge in [0.2, 0.25) is 5.91 Å². The fraction of sp³-hybridized carbons (Fsp3) is 0.630. The van der Waals surface area contributed by atoms with Gasteiger partial charge in [-0.2, -0.15) is 0 Å². The monoisotopic (exact) mass is 496 g/mol. The lowest BCUT2D eigenvalue weighted by Gasteiger charge is -2.54. The molecule has 2 atom stereocenters. The number of allylic oxidation sites excluding steroid dienone is 2. The summed E-state index contributed by atoms with van der Waals surface area (Å²) in [7, 11) is 1.50. The van der Waals surface area contributed by atoms with Crippen molar-refractivity contribution in [1.82, 2.24) is 5.32 Å². The second-order valence-electron chi connectivity index (χ2n) is 9.36. The minimum absolute atomic E-state index is 0. The molecule has 0 aliphatic rings. The minimum atomic E-state index is -1.83. The summed E-state index contributed by atoms with van der Waals surface area (Å²) < 4.78 is 5.98. The standard InChI is InChI=1S/C27H44N2O4.ClH/c1-7-26(8-2,22-17-13-11-14-18-22)25(5,33-6)27(28,24(31)32)20-29-23(30)19-15-10-9-12-16-21(3)4;/h11-14,16-18,21H,7-10,15,19-20,28H2,1-6H3,(H,29,30)(H,31,32);1H. The van der Waals surface area contributed by atoms with E-state index >= 15 is 0 Å². The van der Waals surface area contributed by atoms with Crippen LogP contribution in [0.1, 0.15) is 78.7 Å². The van der Waals surface area contributed by atoms with Gasteiger partial charge in [0.25, 0.3) is 0 Å². The molecule has 0 heterocycles. The number of ether oxygens (including phenoxy) is 1. The summed E-state index contributed by atoms with van der Waals surface area (Å²) in [5, 5.41) is 13.1. The van der Waals surface area contributed by atoms with Crippen LogP contribution < -0.4 is 11.1 Å². The topological polar surface area (TPSA) is 102 Å². The second kappa shape index (κ2) is 14.5. The van der Waals surface area contributed by atoms with Gasteiger partial charge in [0.05, 0.1) is 0 Å². The smallest absolute Gasteiger partial charge is 0.328 e. The van der Waals surface area contributed by atoms with Crippen molar-refractivity contribution in [1.29, 1.82) is 0 Å². The van der Waals surface area contributed by atoms with E-state index in [2.05, 4.69) is 31.3 Å². The molecule has 34 heavy (non-hydrogen) atoms. The fourth-order valence-corrected chi connectivity index (χ4v) is 4.86. The first-order chi connectivity index (χ1) is 15.5. The molecule has 0 fully saturated rings. The number of aliphatic carboxylic acids is 1. The van der Waals surface area contributed by atoms with Crippen molar-refractivity contribution in [3.63, 3.8) is 0 Å². The molecule has 0 radical (unpaired) electrons. The van der Waals surface area contributed by atoms with E-state index in [1.807, 2.05) is 44.2 Å². The SMILES string of the molecule is CCC(CC)(c1ccccc1)C(C)(OC)C(N)(CNC(=O)CCCCC=CC(C)C)C(=O)O.Cl. The molecule has 0 saturated carbocycles. The average molecular weight is 497 g/mol. The van der Waals surface area contributed by atoms with Crippen molar-refractivity contribution >= 4 is 24.3 Å². The molecule has 4 N–H and O–H groups in total. The second-order valence-corrected chi connectivity index (χ2v) is 9.36. The number of carboxylic acids is 1. The Bertz CT molecular complexity index is 780. The number of nitrogens with two attached hydrogens (primary N) is 1. The lowest BCUT2D eigenvalue weighted by molar-refractivity contribution is -0.169. The zero-order chi connectivity index (χ0) is 25.1. The van der Waals surface area contributed by atoms with E-state index in [1.54, 1.807) is 6.92 Å². The van der Waals surface area contributed by atoms with Crippen LogP contribution in [0.15, 0.2) is 42.5 Å². The van der Waals surface area contributed by atoms with Crippen molar-refractivity contribution < 1.29 is 19.4 Å². The number of amides is 1. The number of carboxylic acid groups (broad SMARTS) is 1. The van der Waals surface area contributed by atoms with Gasteiger partial charge in [0, 0.05) is 25.5 Å². The molecule has 1 rings (SSSR count). The molecule has 1 aromatic carbocycles. The number of hydrogen-bond acceptors (Lipinski definition) is 4. The summed E-state index contributed by atoms with van der Waals surface area (Å²) in [5.41, 5.74) is 3.81. The quantitative estimate of drug-likeness (QED) is 0.227. The molecule has 0 aliphatic carbocycles.